The van der Waals surface area contributed by atoms with Gasteiger partial charge in [-0.15, -0.1) is 0 Å². The first-order valence-electron chi connectivity index (χ1n) is 21.0. The first kappa shape index (κ1) is 35.6. The van der Waals surface area contributed by atoms with Crippen molar-refractivity contribution in [3.05, 3.63) is 216 Å². The molecule has 0 atom stereocenters. The van der Waals surface area contributed by atoms with E-state index in [0.717, 1.165) is 71.4 Å². The van der Waals surface area contributed by atoms with Gasteiger partial charge >= 0.3 is 0 Å². The molecule has 0 saturated carbocycles. The molecule has 1 aliphatic rings. The van der Waals surface area contributed by atoms with Crippen LogP contribution in [0.1, 0.15) is 30.5 Å². The van der Waals surface area contributed by atoms with Crippen molar-refractivity contribution in [1.82, 2.24) is 9.13 Å². The van der Waals surface area contributed by atoms with E-state index in [0.29, 0.717) is 22.6 Å². The van der Waals surface area contributed by atoms with Crippen molar-refractivity contribution >= 4 is 77.1 Å². The van der Waals surface area contributed by atoms with E-state index >= 15 is 0 Å². The average molecular weight is 792 g/mol. The third-order valence-corrected chi connectivity index (χ3v) is 13.1. The SMILES string of the molecule is [C-]#[N+]c1cc(-n2c3ccc(N(c4ccccc4)c4ccccc4)cc3c3c4ccccc4ccc32)c(C#N)cc1-n1c2ccccc2c2ccc3c(c21)-c1ccccc1C3(C)C. The number of fused-ring (bicyclic) bond motifs is 12. The molecule has 2 heterocycles. The summed E-state index contributed by atoms with van der Waals surface area (Å²) in [5.74, 6) is 0. The number of nitriles is 1. The molecule has 0 radical (unpaired) electrons. The van der Waals surface area contributed by atoms with Crippen molar-refractivity contribution in [3.8, 4) is 28.6 Å². The molecule has 0 bridgehead atoms. The number of rotatable bonds is 5. The molecule has 2 aromatic heterocycles. The zero-order valence-corrected chi connectivity index (χ0v) is 34.1. The molecule has 5 nitrogen and oxygen atoms in total. The number of para-hydroxylation sites is 3. The van der Waals surface area contributed by atoms with Gasteiger partial charge in [0.2, 0.25) is 5.69 Å². The summed E-state index contributed by atoms with van der Waals surface area (Å²) in [6, 6.07) is 68.4. The maximum absolute atomic E-state index is 11.2. The standard InChI is InChI=1S/C57H37N5/c1-57(2)46-24-14-12-23-44(46)55-47(57)29-28-43-42-22-13-15-25-49(42)62(56(43)55)53-32-37(35-58)52(34-48(53)59-3)61-50-31-27-40(60(38-17-6-4-7-18-38)39-19-8-5-9-20-39)33-45(50)54-41-21-11-10-16-36(41)26-30-51(54)61/h4-34H,1-2H3. The summed E-state index contributed by atoms with van der Waals surface area (Å²) in [6.45, 7) is 13.4. The largest absolute Gasteiger partial charge is 0.318 e. The Bertz CT molecular complexity index is 3700. The first-order chi connectivity index (χ1) is 30.5. The molecule has 12 rings (SSSR count). The number of anilines is 3. The van der Waals surface area contributed by atoms with E-state index < -0.39 is 0 Å². The fourth-order valence-electron chi connectivity index (χ4n) is 10.4. The molecule has 0 spiro atoms. The van der Waals surface area contributed by atoms with Crippen molar-refractivity contribution in [2.45, 2.75) is 19.3 Å². The lowest BCUT2D eigenvalue weighted by Crippen LogP contribution is -2.14. The Kier molecular flexibility index (Phi) is 7.64. The number of hydrogen-bond donors (Lipinski definition) is 0. The molecular formula is C57H37N5. The molecule has 62 heavy (non-hydrogen) atoms. The van der Waals surface area contributed by atoms with Gasteiger partial charge in [-0.25, -0.2) is 4.85 Å². The summed E-state index contributed by atoms with van der Waals surface area (Å²) in [4.78, 5) is 6.55. The molecule has 5 heteroatoms. The Hall–Kier alpha value is -8.38. The Morgan fingerprint density at radius 2 is 1.19 bits per heavy atom. The highest BCUT2D eigenvalue weighted by molar-refractivity contribution is 6.22. The monoisotopic (exact) mass is 791 g/mol. The van der Waals surface area contributed by atoms with Crippen molar-refractivity contribution in [2.24, 2.45) is 0 Å². The molecule has 0 unspecified atom stereocenters. The summed E-state index contributed by atoms with van der Waals surface area (Å²) < 4.78 is 4.43. The summed E-state index contributed by atoms with van der Waals surface area (Å²) in [7, 11) is 0. The zero-order valence-electron chi connectivity index (χ0n) is 34.1. The highest BCUT2D eigenvalue weighted by Gasteiger charge is 2.38. The van der Waals surface area contributed by atoms with Gasteiger partial charge in [0.1, 0.15) is 6.07 Å². The van der Waals surface area contributed by atoms with E-state index in [9.17, 15) is 5.26 Å². The van der Waals surface area contributed by atoms with Crippen LogP contribution < -0.4 is 4.90 Å². The van der Waals surface area contributed by atoms with E-state index in [1.54, 1.807) is 0 Å². The maximum Gasteiger partial charge on any atom is 0.212 e. The fourth-order valence-corrected chi connectivity index (χ4v) is 10.4. The topological polar surface area (TPSA) is 41.2 Å². The predicted molar refractivity (Wildman–Crippen MR) is 256 cm³/mol. The first-order valence-corrected chi connectivity index (χ1v) is 21.0. The van der Waals surface area contributed by atoms with E-state index in [-0.39, 0.29) is 5.41 Å². The van der Waals surface area contributed by atoms with E-state index in [2.05, 4.69) is 203 Å². The molecule has 0 amide bonds. The van der Waals surface area contributed by atoms with Crippen LogP contribution in [-0.2, 0) is 5.41 Å². The molecule has 0 saturated heterocycles. The van der Waals surface area contributed by atoms with Crippen LogP contribution in [0.4, 0.5) is 22.7 Å². The molecule has 11 aromatic rings. The van der Waals surface area contributed by atoms with E-state index in [1.807, 2.05) is 24.3 Å². The maximum atomic E-state index is 11.2. The summed E-state index contributed by atoms with van der Waals surface area (Å²) in [6.07, 6.45) is 0. The fraction of sp³-hybridized carbons (Fsp3) is 0.0526. The Balaban J connectivity index is 1.15. The van der Waals surface area contributed by atoms with Crippen LogP contribution >= 0.6 is 0 Å². The Labute approximate surface area is 359 Å². The van der Waals surface area contributed by atoms with Gasteiger partial charge in [0.05, 0.1) is 45.6 Å². The van der Waals surface area contributed by atoms with Gasteiger partial charge in [-0.05, 0) is 94.2 Å². The summed E-state index contributed by atoms with van der Waals surface area (Å²) in [5, 5.41) is 17.9. The van der Waals surface area contributed by atoms with Crippen LogP contribution in [0.25, 0.3) is 81.7 Å². The lowest BCUT2D eigenvalue weighted by molar-refractivity contribution is 0.661. The molecule has 0 N–H and O–H groups in total. The minimum absolute atomic E-state index is 0.203. The average Bonchev–Trinajstić information content (AvgIpc) is 3.92. The second-order valence-electron chi connectivity index (χ2n) is 16.7. The van der Waals surface area contributed by atoms with Gasteiger partial charge in [0.25, 0.3) is 0 Å². The highest BCUT2D eigenvalue weighted by atomic mass is 15.1. The second-order valence-corrected chi connectivity index (χ2v) is 16.7. The zero-order chi connectivity index (χ0) is 41.7. The van der Waals surface area contributed by atoms with Gasteiger partial charge in [-0.3, -0.25) is 0 Å². The molecule has 290 valence electrons. The quantitative estimate of drug-likeness (QED) is 0.163. The minimum atomic E-state index is -0.203. The van der Waals surface area contributed by atoms with E-state index in [4.69, 9.17) is 6.57 Å². The normalized spacial score (nSPS) is 12.8. The Morgan fingerprint density at radius 1 is 0.532 bits per heavy atom. The smallest absolute Gasteiger partial charge is 0.212 e. The number of nitrogens with zero attached hydrogens (tertiary/aromatic N) is 5. The Morgan fingerprint density at radius 3 is 1.95 bits per heavy atom. The summed E-state index contributed by atoms with van der Waals surface area (Å²) >= 11 is 0. The second kappa shape index (κ2) is 13.3. The molecule has 0 fully saturated rings. The lowest BCUT2D eigenvalue weighted by atomic mass is 9.82. The van der Waals surface area contributed by atoms with Crippen molar-refractivity contribution in [2.75, 3.05) is 4.90 Å². The van der Waals surface area contributed by atoms with Crippen LogP contribution in [0.3, 0.4) is 0 Å². The highest BCUT2D eigenvalue weighted by Crippen LogP contribution is 2.53. The molecular weight excluding hydrogens is 755 g/mol. The van der Waals surface area contributed by atoms with Gasteiger partial charge < -0.3 is 14.0 Å². The van der Waals surface area contributed by atoms with Gasteiger partial charge in [0.15, 0.2) is 0 Å². The minimum Gasteiger partial charge on any atom is -0.318 e. The van der Waals surface area contributed by atoms with Crippen molar-refractivity contribution < 1.29 is 0 Å². The lowest BCUT2D eigenvalue weighted by Gasteiger charge is -2.25. The van der Waals surface area contributed by atoms with E-state index in [1.165, 1.54) is 22.3 Å². The van der Waals surface area contributed by atoms with Crippen LogP contribution in [0, 0.1) is 17.9 Å². The van der Waals surface area contributed by atoms with Gasteiger partial charge in [-0.1, -0.05) is 135 Å². The van der Waals surface area contributed by atoms with Crippen LogP contribution in [-0.4, -0.2) is 9.13 Å². The number of aromatic nitrogens is 2. The number of benzene rings is 9. The van der Waals surface area contributed by atoms with Gasteiger partial charge in [0, 0.05) is 49.6 Å². The van der Waals surface area contributed by atoms with Crippen molar-refractivity contribution in [1.29, 1.82) is 5.26 Å². The molecule has 0 aliphatic heterocycles. The summed E-state index contributed by atoms with van der Waals surface area (Å²) in [5.41, 5.74) is 14.1. The van der Waals surface area contributed by atoms with Crippen LogP contribution in [0.2, 0.25) is 0 Å². The van der Waals surface area contributed by atoms with Crippen molar-refractivity contribution in [3.63, 3.8) is 0 Å². The number of hydrogen-bond acceptors (Lipinski definition) is 2. The molecule has 1 aliphatic carbocycles. The third-order valence-electron chi connectivity index (χ3n) is 13.1. The van der Waals surface area contributed by atoms with Gasteiger partial charge in [-0.2, -0.15) is 5.26 Å². The third kappa shape index (κ3) is 4.94. The van der Waals surface area contributed by atoms with Crippen LogP contribution in [0.15, 0.2) is 188 Å². The predicted octanol–water partition coefficient (Wildman–Crippen LogP) is 15.2. The molecule has 9 aromatic carbocycles. The van der Waals surface area contributed by atoms with Crippen LogP contribution in [0.5, 0.6) is 0 Å².